The molecule has 0 aliphatic rings. The minimum absolute atomic E-state index is 0.197. The lowest BCUT2D eigenvalue weighted by Crippen LogP contribution is -2.37. The van der Waals surface area contributed by atoms with Gasteiger partial charge in [0.15, 0.2) is 0 Å². The summed E-state index contributed by atoms with van der Waals surface area (Å²) in [5.74, 6) is -0.279. The number of pyridine rings is 1. The number of amides is 1. The van der Waals surface area contributed by atoms with Crippen LogP contribution in [0.3, 0.4) is 0 Å². The summed E-state index contributed by atoms with van der Waals surface area (Å²) in [4.78, 5) is 23.5. The molecule has 5 nitrogen and oxygen atoms in total. The Kier molecular flexibility index (Phi) is 4.89. The van der Waals surface area contributed by atoms with E-state index in [0.29, 0.717) is 18.7 Å². The van der Waals surface area contributed by atoms with E-state index in [1.165, 1.54) is 10.6 Å². The van der Waals surface area contributed by atoms with Crippen molar-refractivity contribution in [3.63, 3.8) is 0 Å². The number of carbonyl (C=O) groups excluding carboxylic acids is 1. The van der Waals surface area contributed by atoms with Crippen molar-refractivity contribution in [2.45, 2.75) is 33.3 Å². The van der Waals surface area contributed by atoms with Crippen LogP contribution in [0, 0.1) is 5.41 Å². The predicted molar refractivity (Wildman–Crippen MR) is 74.1 cm³/mol. The molecule has 0 saturated carbocycles. The molecule has 106 valence electrons. The van der Waals surface area contributed by atoms with E-state index >= 15 is 0 Å². The molecule has 0 bridgehead atoms. The zero-order chi connectivity index (χ0) is 14.6. The number of rotatable bonds is 5. The van der Waals surface area contributed by atoms with Gasteiger partial charge >= 0.3 is 0 Å². The van der Waals surface area contributed by atoms with Crippen LogP contribution in [0.4, 0.5) is 0 Å². The molecule has 1 amide bonds. The largest absolute Gasteiger partial charge is 0.393 e. The van der Waals surface area contributed by atoms with E-state index in [-0.39, 0.29) is 16.9 Å². The van der Waals surface area contributed by atoms with E-state index in [9.17, 15) is 14.7 Å². The molecule has 1 atom stereocenters. The average Bonchev–Trinajstić information content (AvgIpc) is 2.28. The number of nitrogens with one attached hydrogen (secondary N) is 1. The normalized spacial score (nSPS) is 13.1. The second kappa shape index (κ2) is 6.02. The summed E-state index contributed by atoms with van der Waals surface area (Å²) in [5, 5.41) is 12.2. The van der Waals surface area contributed by atoms with Crippen molar-refractivity contribution in [3.8, 4) is 0 Å². The molecule has 0 aliphatic heterocycles. The van der Waals surface area contributed by atoms with Gasteiger partial charge in [-0.2, -0.15) is 0 Å². The van der Waals surface area contributed by atoms with E-state index in [1.54, 1.807) is 26.1 Å². The van der Waals surface area contributed by atoms with Crippen LogP contribution in [-0.2, 0) is 7.05 Å². The lowest BCUT2D eigenvalue weighted by molar-refractivity contribution is 0.0893. The zero-order valence-corrected chi connectivity index (χ0v) is 11.9. The van der Waals surface area contributed by atoms with Crippen LogP contribution in [0.2, 0.25) is 0 Å². The molecular weight excluding hydrogens is 244 g/mol. The van der Waals surface area contributed by atoms with E-state index in [1.807, 2.05) is 13.8 Å². The topological polar surface area (TPSA) is 71.3 Å². The van der Waals surface area contributed by atoms with Gasteiger partial charge in [-0.15, -0.1) is 0 Å². The van der Waals surface area contributed by atoms with Gasteiger partial charge in [-0.1, -0.05) is 19.9 Å². The van der Waals surface area contributed by atoms with Crippen LogP contribution in [0.15, 0.2) is 23.0 Å². The second-order valence-corrected chi connectivity index (χ2v) is 5.71. The number of aliphatic hydroxyl groups is 1. The Balaban J connectivity index is 2.71. The SMILES string of the molecule is CC(O)CC(C)(C)CNC(=O)c1cccc(=O)n1C. The molecule has 1 aromatic rings. The van der Waals surface area contributed by atoms with Gasteiger partial charge < -0.3 is 15.0 Å². The van der Waals surface area contributed by atoms with Gasteiger partial charge in [-0.25, -0.2) is 0 Å². The first-order valence-electron chi connectivity index (χ1n) is 6.35. The Morgan fingerprint density at radius 1 is 1.47 bits per heavy atom. The standard InChI is InChI=1S/C14H22N2O3/c1-10(17)8-14(2,3)9-15-13(19)11-6-5-7-12(18)16(11)4/h5-7,10,17H,8-9H2,1-4H3,(H,15,19). The molecule has 0 spiro atoms. The lowest BCUT2D eigenvalue weighted by atomic mass is 9.87. The fourth-order valence-electron chi connectivity index (χ4n) is 2.07. The monoisotopic (exact) mass is 266 g/mol. The first-order valence-corrected chi connectivity index (χ1v) is 6.35. The molecule has 0 aliphatic carbocycles. The van der Waals surface area contributed by atoms with Crippen LogP contribution in [0.1, 0.15) is 37.7 Å². The maximum Gasteiger partial charge on any atom is 0.268 e. The summed E-state index contributed by atoms with van der Waals surface area (Å²) in [5.41, 5.74) is -0.0754. The third-order valence-corrected chi connectivity index (χ3v) is 2.99. The second-order valence-electron chi connectivity index (χ2n) is 5.71. The molecule has 1 aromatic heterocycles. The molecule has 0 fully saturated rings. The molecule has 1 rings (SSSR count). The Bertz CT molecular complexity index is 504. The molecule has 0 aromatic carbocycles. The van der Waals surface area contributed by atoms with Crippen LogP contribution in [0.5, 0.6) is 0 Å². The highest BCUT2D eigenvalue weighted by Gasteiger charge is 2.21. The van der Waals surface area contributed by atoms with Crippen molar-refractivity contribution >= 4 is 5.91 Å². The summed E-state index contributed by atoms with van der Waals surface area (Å²) in [6, 6.07) is 4.59. The van der Waals surface area contributed by atoms with Gasteiger partial charge in [0.25, 0.3) is 11.5 Å². The number of carbonyl (C=O) groups is 1. The zero-order valence-electron chi connectivity index (χ0n) is 11.9. The van der Waals surface area contributed by atoms with Gasteiger partial charge in [0.05, 0.1) is 6.10 Å². The molecule has 5 heteroatoms. The maximum atomic E-state index is 12.0. The van der Waals surface area contributed by atoms with Crippen LogP contribution in [-0.4, -0.2) is 28.2 Å². The van der Waals surface area contributed by atoms with Crippen molar-refractivity contribution in [1.29, 1.82) is 0 Å². The Hall–Kier alpha value is -1.62. The predicted octanol–water partition coefficient (Wildman–Crippen LogP) is 0.912. The minimum atomic E-state index is -0.409. The molecule has 1 heterocycles. The van der Waals surface area contributed by atoms with Crippen molar-refractivity contribution in [3.05, 3.63) is 34.2 Å². The number of aliphatic hydroxyl groups excluding tert-OH is 1. The third kappa shape index (κ3) is 4.52. The first-order chi connectivity index (χ1) is 8.73. The highest BCUT2D eigenvalue weighted by molar-refractivity contribution is 5.92. The number of nitrogens with zero attached hydrogens (tertiary/aromatic N) is 1. The van der Waals surface area contributed by atoms with Crippen molar-refractivity contribution in [1.82, 2.24) is 9.88 Å². The van der Waals surface area contributed by atoms with E-state index in [4.69, 9.17) is 0 Å². The highest BCUT2D eigenvalue weighted by atomic mass is 16.3. The van der Waals surface area contributed by atoms with Crippen LogP contribution < -0.4 is 10.9 Å². The van der Waals surface area contributed by atoms with E-state index in [2.05, 4.69) is 5.32 Å². The summed E-state index contributed by atoms with van der Waals surface area (Å²) in [6.45, 7) is 6.12. The van der Waals surface area contributed by atoms with Gasteiger partial charge in [-0.3, -0.25) is 9.59 Å². The van der Waals surface area contributed by atoms with Gasteiger partial charge in [0, 0.05) is 19.7 Å². The summed E-state index contributed by atoms with van der Waals surface area (Å²) in [7, 11) is 1.57. The van der Waals surface area contributed by atoms with Crippen molar-refractivity contribution in [2.75, 3.05) is 6.54 Å². The average molecular weight is 266 g/mol. The first kappa shape index (κ1) is 15.4. The van der Waals surface area contributed by atoms with Gasteiger partial charge in [-0.05, 0) is 24.8 Å². The maximum absolute atomic E-state index is 12.0. The van der Waals surface area contributed by atoms with Gasteiger partial charge in [0.2, 0.25) is 0 Å². The molecule has 2 N–H and O–H groups in total. The summed E-state index contributed by atoms with van der Waals surface area (Å²) in [6.07, 6.45) is 0.189. The van der Waals surface area contributed by atoms with E-state index in [0.717, 1.165) is 0 Å². The van der Waals surface area contributed by atoms with Crippen molar-refractivity contribution < 1.29 is 9.90 Å². The van der Waals surface area contributed by atoms with Crippen LogP contribution >= 0.6 is 0 Å². The van der Waals surface area contributed by atoms with Gasteiger partial charge in [0.1, 0.15) is 5.69 Å². The van der Waals surface area contributed by atoms with E-state index < -0.39 is 6.10 Å². The molecule has 19 heavy (non-hydrogen) atoms. The molecule has 0 saturated heterocycles. The Labute approximate surface area is 113 Å². The number of aromatic nitrogens is 1. The highest BCUT2D eigenvalue weighted by Crippen LogP contribution is 2.21. The number of hydrogen-bond acceptors (Lipinski definition) is 3. The van der Waals surface area contributed by atoms with Crippen LogP contribution in [0.25, 0.3) is 0 Å². The van der Waals surface area contributed by atoms with Crippen molar-refractivity contribution in [2.24, 2.45) is 12.5 Å². The molecule has 1 unspecified atom stereocenters. The minimum Gasteiger partial charge on any atom is -0.393 e. The number of hydrogen-bond donors (Lipinski definition) is 2. The molecule has 0 radical (unpaired) electrons. The quantitative estimate of drug-likeness (QED) is 0.832. The summed E-state index contributed by atoms with van der Waals surface area (Å²) >= 11 is 0. The smallest absolute Gasteiger partial charge is 0.268 e. The fourth-order valence-corrected chi connectivity index (χ4v) is 2.07. The fraction of sp³-hybridized carbons (Fsp3) is 0.571. The molecular formula is C14H22N2O3. The lowest BCUT2D eigenvalue weighted by Gasteiger charge is -2.26. The third-order valence-electron chi connectivity index (χ3n) is 2.99. The Morgan fingerprint density at radius 3 is 2.68 bits per heavy atom. The summed E-state index contributed by atoms with van der Waals surface area (Å²) < 4.78 is 1.32. The Morgan fingerprint density at radius 2 is 2.11 bits per heavy atom.